The third-order valence-electron chi connectivity index (χ3n) is 3.76. The van der Waals surface area contributed by atoms with Gasteiger partial charge in [0.15, 0.2) is 5.78 Å². The molecule has 0 aromatic heterocycles. The van der Waals surface area contributed by atoms with Crippen LogP contribution in [-0.2, 0) is 9.53 Å². The highest BCUT2D eigenvalue weighted by atomic mass is 16.5. The molecule has 3 nitrogen and oxygen atoms in total. The molecular formula is C13H25NO2. The Balaban J connectivity index is 2.74. The van der Waals surface area contributed by atoms with E-state index in [1.165, 1.54) is 12.8 Å². The van der Waals surface area contributed by atoms with Crippen LogP contribution >= 0.6 is 0 Å². The summed E-state index contributed by atoms with van der Waals surface area (Å²) >= 11 is 0. The number of hydrogen-bond donors (Lipinski definition) is 0. The number of likely N-dealkylation sites (N-methyl/N-ethyl adjacent to an activating group) is 1. The van der Waals surface area contributed by atoms with E-state index in [0.717, 1.165) is 25.9 Å². The van der Waals surface area contributed by atoms with Crippen LogP contribution in [0.25, 0.3) is 0 Å². The monoisotopic (exact) mass is 227 g/mol. The standard InChI is InChI=1S/C13H25NO2/c1-4-14(5-2)13(9-7-8-10-13)12(15)11-16-6-3/h4-11H2,1-3H3. The summed E-state index contributed by atoms with van der Waals surface area (Å²) in [5.74, 6) is 0.288. The summed E-state index contributed by atoms with van der Waals surface area (Å²) in [5.41, 5.74) is -0.210. The van der Waals surface area contributed by atoms with Crippen molar-refractivity contribution in [3.8, 4) is 0 Å². The van der Waals surface area contributed by atoms with Crippen molar-refractivity contribution >= 4 is 5.78 Å². The lowest BCUT2D eigenvalue weighted by Crippen LogP contribution is -2.54. The molecule has 0 saturated heterocycles. The predicted molar refractivity (Wildman–Crippen MR) is 65.6 cm³/mol. The maximum Gasteiger partial charge on any atom is 0.178 e. The molecule has 0 aromatic carbocycles. The number of ether oxygens (including phenoxy) is 1. The third-order valence-corrected chi connectivity index (χ3v) is 3.76. The lowest BCUT2D eigenvalue weighted by atomic mass is 9.90. The molecule has 0 N–H and O–H groups in total. The highest BCUT2D eigenvalue weighted by molar-refractivity contribution is 5.89. The van der Waals surface area contributed by atoms with Gasteiger partial charge in [0.05, 0.1) is 5.54 Å². The minimum atomic E-state index is -0.210. The fraction of sp³-hybridized carbons (Fsp3) is 0.923. The van der Waals surface area contributed by atoms with Crippen LogP contribution in [-0.4, -0.2) is 42.5 Å². The molecule has 0 spiro atoms. The Bertz CT molecular complexity index is 218. The van der Waals surface area contributed by atoms with Gasteiger partial charge in [-0.1, -0.05) is 26.7 Å². The van der Waals surface area contributed by atoms with Crippen molar-refractivity contribution in [2.45, 2.75) is 52.0 Å². The first-order valence-corrected chi connectivity index (χ1v) is 6.57. The molecule has 0 heterocycles. The van der Waals surface area contributed by atoms with E-state index >= 15 is 0 Å². The van der Waals surface area contributed by atoms with Gasteiger partial charge in [0.25, 0.3) is 0 Å². The molecule has 0 atom stereocenters. The molecule has 94 valence electrons. The summed E-state index contributed by atoms with van der Waals surface area (Å²) in [6.07, 6.45) is 4.38. The van der Waals surface area contributed by atoms with Crippen molar-refractivity contribution in [3.63, 3.8) is 0 Å². The average molecular weight is 227 g/mol. The molecule has 3 heteroatoms. The Morgan fingerprint density at radius 2 is 1.75 bits per heavy atom. The van der Waals surface area contributed by atoms with E-state index in [4.69, 9.17) is 4.74 Å². The molecule has 1 aliphatic rings. The molecule has 0 amide bonds. The predicted octanol–water partition coefficient (Wildman–Crippen LogP) is 2.25. The van der Waals surface area contributed by atoms with Crippen LogP contribution < -0.4 is 0 Å². The molecular weight excluding hydrogens is 202 g/mol. The van der Waals surface area contributed by atoms with E-state index in [2.05, 4.69) is 18.7 Å². The Hall–Kier alpha value is -0.410. The van der Waals surface area contributed by atoms with Gasteiger partial charge in [-0.05, 0) is 32.9 Å². The number of rotatable bonds is 7. The van der Waals surface area contributed by atoms with Crippen molar-refractivity contribution in [1.82, 2.24) is 4.90 Å². The van der Waals surface area contributed by atoms with Crippen molar-refractivity contribution in [2.24, 2.45) is 0 Å². The largest absolute Gasteiger partial charge is 0.374 e. The summed E-state index contributed by atoms with van der Waals surface area (Å²) in [6, 6.07) is 0. The van der Waals surface area contributed by atoms with Gasteiger partial charge in [-0.25, -0.2) is 0 Å². The van der Waals surface area contributed by atoms with Crippen LogP contribution in [0.5, 0.6) is 0 Å². The van der Waals surface area contributed by atoms with Crippen molar-refractivity contribution in [2.75, 3.05) is 26.3 Å². The van der Waals surface area contributed by atoms with Gasteiger partial charge in [0, 0.05) is 6.61 Å². The maximum absolute atomic E-state index is 12.3. The summed E-state index contributed by atoms with van der Waals surface area (Å²) in [6.45, 7) is 9.02. The van der Waals surface area contributed by atoms with E-state index in [-0.39, 0.29) is 17.9 Å². The van der Waals surface area contributed by atoms with E-state index in [0.29, 0.717) is 6.61 Å². The Kier molecular flexibility index (Phi) is 5.42. The molecule has 16 heavy (non-hydrogen) atoms. The molecule has 0 aromatic rings. The van der Waals surface area contributed by atoms with E-state index in [1.807, 2.05) is 6.92 Å². The van der Waals surface area contributed by atoms with Crippen molar-refractivity contribution in [3.05, 3.63) is 0 Å². The zero-order valence-electron chi connectivity index (χ0n) is 10.9. The summed E-state index contributed by atoms with van der Waals surface area (Å²) in [7, 11) is 0. The van der Waals surface area contributed by atoms with Crippen molar-refractivity contribution in [1.29, 1.82) is 0 Å². The molecule has 0 unspecified atom stereocenters. The molecule has 0 bridgehead atoms. The van der Waals surface area contributed by atoms with Gasteiger partial charge < -0.3 is 4.74 Å². The van der Waals surface area contributed by atoms with Crippen LogP contribution in [0.1, 0.15) is 46.5 Å². The van der Waals surface area contributed by atoms with E-state index in [9.17, 15) is 4.79 Å². The molecule has 0 aliphatic heterocycles. The van der Waals surface area contributed by atoms with E-state index < -0.39 is 0 Å². The van der Waals surface area contributed by atoms with Gasteiger partial charge >= 0.3 is 0 Å². The number of nitrogens with zero attached hydrogens (tertiary/aromatic N) is 1. The maximum atomic E-state index is 12.3. The SMILES string of the molecule is CCOCC(=O)C1(N(CC)CC)CCCC1. The Morgan fingerprint density at radius 1 is 1.19 bits per heavy atom. The second-order valence-electron chi connectivity index (χ2n) is 4.47. The second kappa shape index (κ2) is 6.36. The quantitative estimate of drug-likeness (QED) is 0.668. The van der Waals surface area contributed by atoms with Crippen LogP contribution in [0.3, 0.4) is 0 Å². The minimum absolute atomic E-state index is 0.210. The fourth-order valence-electron chi connectivity index (χ4n) is 2.89. The van der Waals surface area contributed by atoms with Crippen LogP contribution in [0, 0.1) is 0 Å². The van der Waals surface area contributed by atoms with Crippen molar-refractivity contribution < 1.29 is 9.53 Å². The van der Waals surface area contributed by atoms with Gasteiger partial charge in [-0.15, -0.1) is 0 Å². The lowest BCUT2D eigenvalue weighted by Gasteiger charge is -2.38. The first-order valence-electron chi connectivity index (χ1n) is 6.57. The van der Waals surface area contributed by atoms with Crippen LogP contribution in [0.2, 0.25) is 0 Å². The summed E-state index contributed by atoms with van der Waals surface area (Å²) < 4.78 is 5.30. The number of carbonyl (C=O) groups excluding carboxylic acids is 1. The first-order chi connectivity index (χ1) is 7.71. The Morgan fingerprint density at radius 3 is 2.19 bits per heavy atom. The molecule has 1 aliphatic carbocycles. The second-order valence-corrected chi connectivity index (χ2v) is 4.47. The number of carbonyl (C=O) groups is 1. The normalized spacial score (nSPS) is 19.2. The third kappa shape index (κ3) is 2.64. The zero-order chi connectivity index (χ0) is 12.0. The van der Waals surface area contributed by atoms with Gasteiger partial charge in [-0.2, -0.15) is 0 Å². The topological polar surface area (TPSA) is 29.5 Å². The molecule has 0 radical (unpaired) electrons. The minimum Gasteiger partial charge on any atom is -0.374 e. The molecule has 1 saturated carbocycles. The lowest BCUT2D eigenvalue weighted by molar-refractivity contribution is -0.135. The number of ketones is 1. The highest BCUT2D eigenvalue weighted by Crippen LogP contribution is 2.36. The molecule has 1 fully saturated rings. The number of Topliss-reactive ketones (excluding diaryl/α,β-unsaturated/α-hetero) is 1. The van der Waals surface area contributed by atoms with Gasteiger partial charge in [0.2, 0.25) is 0 Å². The van der Waals surface area contributed by atoms with Gasteiger partial charge in [0.1, 0.15) is 6.61 Å². The van der Waals surface area contributed by atoms with Gasteiger partial charge in [-0.3, -0.25) is 9.69 Å². The fourth-order valence-corrected chi connectivity index (χ4v) is 2.89. The number of hydrogen-bond acceptors (Lipinski definition) is 3. The summed E-state index contributed by atoms with van der Waals surface area (Å²) in [4.78, 5) is 14.6. The van der Waals surface area contributed by atoms with Crippen LogP contribution in [0.4, 0.5) is 0 Å². The smallest absolute Gasteiger partial charge is 0.178 e. The average Bonchev–Trinajstić information content (AvgIpc) is 2.78. The van der Waals surface area contributed by atoms with Crippen LogP contribution in [0.15, 0.2) is 0 Å². The van der Waals surface area contributed by atoms with E-state index in [1.54, 1.807) is 0 Å². The zero-order valence-corrected chi connectivity index (χ0v) is 10.9. The first kappa shape index (κ1) is 13.7. The summed E-state index contributed by atoms with van der Waals surface area (Å²) in [5, 5.41) is 0. The molecule has 1 rings (SSSR count). The Labute approximate surface area is 99.1 Å². The highest BCUT2D eigenvalue weighted by Gasteiger charge is 2.44.